The standard InChI is InChI=1S/C11H9N3O4/c15-5-9-11(13-14-12-9)7-1-3-8(4-2-7)18-6-10(16)17/h1-5H,6H2,(H,16,17)(H,12,13,14). The summed E-state index contributed by atoms with van der Waals surface area (Å²) in [7, 11) is 0. The molecule has 2 rings (SSSR count). The maximum Gasteiger partial charge on any atom is 0.341 e. The van der Waals surface area contributed by atoms with Gasteiger partial charge >= 0.3 is 5.97 Å². The third-order valence-electron chi connectivity index (χ3n) is 2.18. The van der Waals surface area contributed by atoms with Crippen molar-refractivity contribution in [2.75, 3.05) is 6.61 Å². The second-order valence-corrected chi connectivity index (χ2v) is 3.38. The molecule has 0 bridgehead atoms. The molecule has 7 heteroatoms. The zero-order valence-electron chi connectivity index (χ0n) is 9.16. The minimum Gasteiger partial charge on any atom is -0.482 e. The van der Waals surface area contributed by atoms with Crippen molar-refractivity contribution in [3.05, 3.63) is 30.0 Å². The Morgan fingerprint density at radius 3 is 2.67 bits per heavy atom. The highest BCUT2D eigenvalue weighted by atomic mass is 16.5. The van der Waals surface area contributed by atoms with E-state index in [2.05, 4.69) is 15.4 Å². The van der Waals surface area contributed by atoms with E-state index in [9.17, 15) is 9.59 Å². The van der Waals surface area contributed by atoms with E-state index in [-0.39, 0.29) is 5.69 Å². The summed E-state index contributed by atoms with van der Waals surface area (Å²) in [5.74, 6) is -0.615. The van der Waals surface area contributed by atoms with Gasteiger partial charge in [-0.2, -0.15) is 15.4 Å². The number of ether oxygens (including phenoxy) is 1. The van der Waals surface area contributed by atoms with Crippen molar-refractivity contribution in [3.8, 4) is 17.0 Å². The SMILES string of the molecule is O=Cc1n[nH]nc1-c1ccc(OCC(=O)O)cc1. The fourth-order valence-electron chi connectivity index (χ4n) is 1.39. The first-order valence-corrected chi connectivity index (χ1v) is 5.01. The van der Waals surface area contributed by atoms with E-state index >= 15 is 0 Å². The topological polar surface area (TPSA) is 105 Å². The minimum atomic E-state index is -1.04. The number of carbonyl (C=O) groups excluding carboxylic acids is 1. The maximum absolute atomic E-state index is 10.7. The van der Waals surface area contributed by atoms with Crippen molar-refractivity contribution in [1.29, 1.82) is 0 Å². The molecule has 18 heavy (non-hydrogen) atoms. The quantitative estimate of drug-likeness (QED) is 0.755. The van der Waals surface area contributed by atoms with Crippen LogP contribution < -0.4 is 4.74 Å². The first-order chi connectivity index (χ1) is 8.70. The number of aromatic nitrogens is 3. The third-order valence-corrected chi connectivity index (χ3v) is 2.18. The Morgan fingerprint density at radius 2 is 2.06 bits per heavy atom. The number of carboxylic acid groups (broad SMARTS) is 1. The van der Waals surface area contributed by atoms with Crippen LogP contribution >= 0.6 is 0 Å². The number of hydrogen-bond donors (Lipinski definition) is 2. The van der Waals surface area contributed by atoms with E-state index in [0.717, 1.165) is 0 Å². The molecule has 0 unspecified atom stereocenters. The van der Waals surface area contributed by atoms with Gasteiger partial charge < -0.3 is 9.84 Å². The van der Waals surface area contributed by atoms with Gasteiger partial charge in [0.1, 0.15) is 11.4 Å². The molecule has 0 saturated heterocycles. The van der Waals surface area contributed by atoms with Crippen molar-refractivity contribution >= 4 is 12.3 Å². The summed E-state index contributed by atoms with van der Waals surface area (Å²) < 4.78 is 4.98. The predicted octanol–water partition coefficient (Wildman–Crippen LogP) is 0.748. The molecule has 0 aliphatic heterocycles. The van der Waals surface area contributed by atoms with Crippen LogP contribution in [0, 0.1) is 0 Å². The average molecular weight is 247 g/mol. The van der Waals surface area contributed by atoms with Crippen LogP contribution in [0.15, 0.2) is 24.3 Å². The first kappa shape index (κ1) is 11.8. The molecule has 0 radical (unpaired) electrons. The number of nitrogens with one attached hydrogen (secondary N) is 1. The molecule has 92 valence electrons. The maximum atomic E-state index is 10.7. The smallest absolute Gasteiger partial charge is 0.341 e. The Kier molecular flexibility index (Phi) is 3.33. The summed E-state index contributed by atoms with van der Waals surface area (Å²) in [5, 5.41) is 18.4. The van der Waals surface area contributed by atoms with Gasteiger partial charge in [-0.1, -0.05) is 0 Å². The van der Waals surface area contributed by atoms with Gasteiger partial charge in [0, 0.05) is 5.56 Å². The summed E-state index contributed by atoms with van der Waals surface area (Å²) >= 11 is 0. The molecule has 1 aromatic heterocycles. The summed E-state index contributed by atoms with van der Waals surface area (Å²) in [5.41, 5.74) is 1.34. The molecular formula is C11H9N3O4. The molecule has 0 saturated carbocycles. The normalized spacial score (nSPS) is 10.0. The van der Waals surface area contributed by atoms with E-state index in [0.29, 0.717) is 23.3 Å². The average Bonchev–Trinajstić information content (AvgIpc) is 2.85. The molecule has 2 aromatic rings. The van der Waals surface area contributed by atoms with E-state index in [1.807, 2.05) is 0 Å². The van der Waals surface area contributed by atoms with Crippen LogP contribution in [0.4, 0.5) is 0 Å². The van der Waals surface area contributed by atoms with Crippen LogP contribution in [-0.2, 0) is 4.79 Å². The van der Waals surface area contributed by atoms with Crippen LogP contribution in [0.5, 0.6) is 5.75 Å². The lowest BCUT2D eigenvalue weighted by Crippen LogP contribution is -2.09. The fourth-order valence-corrected chi connectivity index (χ4v) is 1.39. The molecule has 2 N–H and O–H groups in total. The monoisotopic (exact) mass is 247 g/mol. The number of benzene rings is 1. The number of aldehydes is 1. The molecular weight excluding hydrogens is 238 g/mol. The molecule has 0 aliphatic rings. The fraction of sp³-hybridized carbons (Fsp3) is 0.0909. The van der Waals surface area contributed by atoms with Crippen molar-refractivity contribution in [3.63, 3.8) is 0 Å². The van der Waals surface area contributed by atoms with Crippen LogP contribution in [-0.4, -0.2) is 39.4 Å². The Balaban J connectivity index is 2.17. The van der Waals surface area contributed by atoms with E-state index in [4.69, 9.17) is 9.84 Å². The lowest BCUT2D eigenvalue weighted by Gasteiger charge is -2.03. The highest BCUT2D eigenvalue weighted by Gasteiger charge is 2.09. The molecule has 0 spiro atoms. The summed E-state index contributed by atoms with van der Waals surface area (Å²) in [6.07, 6.45) is 0.605. The van der Waals surface area contributed by atoms with Gasteiger partial charge in [-0.3, -0.25) is 4.79 Å². The van der Waals surface area contributed by atoms with Crippen LogP contribution in [0.25, 0.3) is 11.3 Å². The Bertz CT molecular complexity index is 562. The van der Waals surface area contributed by atoms with Crippen molar-refractivity contribution in [1.82, 2.24) is 15.4 Å². The lowest BCUT2D eigenvalue weighted by atomic mass is 10.1. The summed E-state index contributed by atoms with van der Waals surface area (Å²) in [6.45, 7) is -0.400. The number of carboxylic acids is 1. The van der Waals surface area contributed by atoms with E-state index < -0.39 is 12.6 Å². The molecule has 0 atom stereocenters. The molecule has 1 aromatic carbocycles. The number of aromatic amines is 1. The second kappa shape index (κ2) is 5.09. The number of carbonyl (C=O) groups is 2. The van der Waals surface area contributed by atoms with Gasteiger partial charge in [-0.15, -0.1) is 0 Å². The van der Waals surface area contributed by atoms with Gasteiger partial charge in [-0.05, 0) is 24.3 Å². The number of hydrogen-bond acceptors (Lipinski definition) is 5. The number of aliphatic carboxylic acids is 1. The van der Waals surface area contributed by atoms with Crippen LogP contribution in [0.2, 0.25) is 0 Å². The summed E-state index contributed by atoms with van der Waals surface area (Å²) in [4.78, 5) is 21.0. The first-order valence-electron chi connectivity index (χ1n) is 5.01. The zero-order chi connectivity index (χ0) is 13.0. The Morgan fingerprint density at radius 1 is 1.33 bits per heavy atom. The number of rotatable bonds is 5. The lowest BCUT2D eigenvalue weighted by molar-refractivity contribution is -0.139. The Hall–Kier alpha value is -2.70. The molecule has 0 aliphatic carbocycles. The van der Waals surface area contributed by atoms with Crippen molar-refractivity contribution < 1.29 is 19.4 Å². The number of nitrogens with zero attached hydrogens (tertiary/aromatic N) is 2. The second-order valence-electron chi connectivity index (χ2n) is 3.38. The van der Waals surface area contributed by atoms with Crippen LogP contribution in [0.3, 0.4) is 0 Å². The van der Waals surface area contributed by atoms with E-state index in [1.165, 1.54) is 0 Å². The van der Waals surface area contributed by atoms with Gasteiger partial charge in [0.2, 0.25) is 0 Å². The van der Waals surface area contributed by atoms with Gasteiger partial charge in [0.15, 0.2) is 18.6 Å². The molecule has 7 nitrogen and oxygen atoms in total. The Labute approximate surface area is 101 Å². The van der Waals surface area contributed by atoms with Crippen molar-refractivity contribution in [2.45, 2.75) is 0 Å². The highest BCUT2D eigenvalue weighted by Crippen LogP contribution is 2.21. The highest BCUT2D eigenvalue weighted by molar-refractivity contribution is 5.82. The molecule has 1 heterocycles. The van der Waals surface area contributed by atoms with Crippen molar-refractivity contribution in [2.24, 2.45) is 0 Å². The predicted molar refractivity (Wildman–Crippen MR) is 60.3 cm³/mol. The zero-order valence-corrected chi connectivity index (χ0v) is 9.16. The van der Waals surface area contributed by atoms with Crippen LogP contribution in [0.1, 0.15) is 10.5 Å². The van der Waals surface area contributed by atoms with Gasteiger partial charge in [0.25, 0.3) is 0 Å². The largest absolute Gasteiger partial charge is 0.482 e. The summed E-state index contributed by atoms with van der Waals surface area (Å²) in [6, 6.07) is 6.53. The van der Waals surface area contributed by atoms with E-state index in [1.54, 1.807) is 24.3 Å². The van der Waals surface area contributed by atoms with Gasteiger partial charge in [0.05, 0.1) is 0 Å². The molecule has 0 fully saturated rings. The minimum absolute atomic E-state index is 0.217. The molecule has 0 amide bonds. The third kappa shape index (κ3) is 2.51. The van der Waals surface area contributed by atoms with Gasteiger partial charge in [-0.25, -0.2) is 4.79 Å². The number of H-pyrrole nitrogens is 1.